The quantitative estimate of drug-likeness (QED) is 0.269. The fraction of sp³-hybridized carbons (Fsp3) is 0.310. The van der Waals surface area contributed by atoms with Crippen LogP contribution >= 0.6 is 0 Å². The highest BCUT2D eigenvalue weighted by atomic mass is 16.5. The van der Waals surface area contributed by atoms with Gasteiger partial charge < -0.3 is 23.2 Å². The molecule has 3 heterocycles. The Bertz CT molecular complexity index is 1450. The average molecular weight is 488 g/mol. The molecular weight excluding hydrogens is 458 g/mol. The minimum atomic E-state index is -0.664. The molecule has 4 aromatic rings. The first kappa shape index (κ1) is 23.7. The van der Waals surface area contributed by atoms with Crippen LogP contribution in [0.2, 0.25) is 0 Å². The predicted octanol–water partition coefficient (Wildman–Crippen LogP) is 6.02. The average Bonchev–Trinajstić information content (AvgIpc) is 3.48. The number of rotatable bonds is 9. The van der Waals surface area contributed by atoms with E-state index in [1.165, 1.54) is 0 Å². The van der Waals surface area contributed by atoms with Crippen LogP contribution in [-0.2, 0) is 6.54 Å². The minimum absolute atomic E-state index is 0.0640. The Morgan fingerprint density at radius 2 is 1.86 bits per heavy atom. The van der Waals surface area contributed by atoms with Crippen molar-refractivity contribution >= 4 is 16.9 Å². The molecule has 0 bridgehead atoms. The molecule has 2 aromatic heterocycles. The maximum atomic E-state index is 13.8. The molecule has 186 valence electrons. The Morgan fingerprint density at radius 3 is 2.61 bits per heavy atom. The maximum absolute atomic E-state index is 13.8. The summed E-state index contributed by atoms with van der Waals surface area (Å²) in [5.74, 6) is 1.53. The minimum Gasteiger partial charge on any atom is -0.490 e. The fourth-order valence-electron chi connectivity index (χ4n) is 4.62. The Labute approximate surface area is 209 Å². The number of carbonyl (C=O) groups excluding carboxylic acids is 1. The number of ether oxygens (including phenoxy) is 2. The Hall–Kier alpha value is -4.00. The van der Waals surface area contributed by atoms with E-state index in [0.29, 0.717) is 47.0 Å². The molecule has 0 saturated carbocycles. The topological polar surface area (TPSA) is 82.1 Å². The number of carbonyl (C=O) groups is 1. The van der Waals surface area contributed by atoms with E-state index in [1.54, 1.807) is 35.4 Å². The Kier molecular flexibility index (Phi) is 6.55. The van der Waals surface area contributed by atoms with Crippen LogP contribution in [0.15, 0.2) is 68.4 Å². The van der Waals surface area contributed by atoms with E-state index in [4.69, 9.17) is 18.3 Å². The molecule has 7 heteroatoms. The lowest BCUT2D eigenvalue weighted by atomic mass is 9.97. The summed E-state index contributed by atoms with van der Waals surface area (Å²) in [6.07, 6.45) is 3.52. The molecule has 0 aliphatic carbocycles. The number of furan rings is 1. The van der Waals surface area contributed by atoms with Crippen molar-refractivity contribution in [2.45, 2.75) is 46.2 Å². The van der Waals surface area contributed by atoms with Gasteiger partial charge in [0, 0.05) is 0 Å². The highest BCUT2D eigenvalue weighted by Gasteiger charge is 2.43. The van der Waals surface area contributed by atoms with Crippen LogP contribution < -0.4 is 14.9 Å². The van der Waals surface area contributed by atoms with Crippen LogP contribution in [0.1, 0.15) is 65.7 Å². The standard InChI is InChI=1S/C29H29NO6/c1-4-6-13-35-23-12-10-19(16-24(23)33-5-2)26-25-27(31)21-15-18(3)9-11-22(21)36-28(25)29(32)30(26)17-20-8-7-14-34-20/h7-12,14-16,26H,4-6,13,17H2,1-3H3. The summed E-state index contributed by atoms with van der Waals surface area (Å²) in [6, 6.07) is 13.9. The molecule has 0 saturated heterocycles. The van der Waals surface area contributed by atoms with E-state index in [1.807, 2.05) is 38.1 Å². The molecule has 2 aromatic carbocycles. The number of aryl methyl sites for hydroxylation is 1. The van der Waals surface area contributed by atoms with E-state index < -0.39 is 6.04 Å². The van der Waals surface area contributed by atoms with Crippen molar-refractivity contribution < 1.29 is 23.1 Å². The second-order valence-electron chi connectivity index (χ2n) is 8.93. The molecule has 5 rings (SSSR count). The van der Waals surface area contributed by atoms with Crippen molar-refractivity contribution in [1.82, 2.24) is 4.90 Å². The van der Waals surface area contributed by atoms with Crippen molar-refractivity contribution in [1.29, 1.82) is 0 Å². The van der Waals surface area contributed by atoms with Gasteiger partial charge in [0.05, 0.1) is 43.0 Å². The third kappa shape index (κ3) is 4.26. The Morgan fingerprint density at radius 1 is 1.00 bits per heavy atom. The van der Waals surface area contributed by atoms with E-state index in [2.05, 4.69) is 6.92 Å². The largest absolute Gasteiger partial charge is 0.490 e. The molecule has 36 heavy (non-hydrogen) atoms. The van der Waals surface area contributed by atoms with E-state index in [9.17, 15) is 9.59 Å². The first-order valence-electron chi connectivity index (χ1n) is 12.3. The van der Waals surface area contributed by atoms with Gasteiger partial charge in [0.15, 0.2) is 16.9 Å². The van der Waals surface area contributed by atoms with Crippen molar-refractivity contribution in [2.24, 2.45) is 0 Å². The van der Waals surface area contributed by atoms with Gasteiger partial charge >= 0.3 is 0 Å². The van der Waals surface area contributed by atoms with Gasteiger partial charge in [-0.05, 0) is 62.2 Å². The number of hydrogen-bond acceptors (Lipinski definition) is 6. The van der Waals surface area contributed by atoms with Crippen LogP contribution in [0.4, 0.5) is 0 Å². The third-order valence-electron chi connectivity index (χ3n) is 6.37. The van der Waals surface area contributed by atoms with Crippen LogP contribution in [0.25, 0.3) is 11.0 Å². The van der Waals surface area contributed by atoms with E-state index in [-0.39, 0.29) is 23.6 Å². The molecule has 1 unspecified atom stereocenters. The smallest absolute Gasteiger partial charge is 0.291 e. The molecule has 0 radical (unpaired) electrons. The summed E-state index contributed by atoms with van der Waals surface area (Å²) < 4.78 is 23.4. The summed E-state index contributed by atoms with van der Waals surface area (Å²) in [5, 5.41) is 0.455. The van der Waals surface area contributed by atoms with Gasteiger partial charge in [-0.3, -0.25) is 9.59 Å². The van der Waals surface area contributed by atoms with Gasteiger partial charge in [-0.25, -0.2) is 0 Å². The van der Waals surface area contributed by atoms with Gasteiger partial charge in [0.25, 0.3) is 5.91 Å². The molecule has 0 fully saturated rings. The second kappa shape index (κ2) is 9.93. The lowest BCUT2D eigenvalue weighted by molar-refractivity contribution is 0.0701. The van der Waals surface area contributed by atoms with Crippen molar-refractivity contribution in [2.75, 3.05) is 13.2 Å². The number of nitrogens with zero attached hydrogens (tertiary/aromatic N) is 1. The summed E-state index contributed by atoms with van der Waals surface area (Å²) in [6.45, 7) is 7.16. The summed E-state index contributed by atoms with van der Waals surface area (Å²) in [7, 11) is 0. The normalized spacial score (nSPS) is 14.9. The van der Waals surface area contributed by atoms with E-state index >= 15 is 0 Å². The monoisotopic (exact) mass is 487 g/mol. The number of hydrogen-bond donors (Lipinski definition) is 0. The zero-order chi connectivity index (χ0) is 25.2. The van der Waals surface area contributed by atoms with Crippen LogP contribution in [0, 0.1) is 6.92 Å². The van der Waals surface area contributed by atoms with Gasteiger partial charge in [0.1, 0.15) is 11.3 Å². The van der Waals surface area contributed by atoms with Crippen LogP contribution in [-0.4, -0.2) is 24.0 Å². The summed E-state index contributed by atoms with van der Waals surface area (Å²) in [4.78, 5) is 29.0. The van der Waals surface area contributed by atoms with Gasteiger partial charge in [-0.15, -0.1) is 0 Å². The van der Waals surface area contributed by atoms with Gasteiger partial charge in [0.2, 0.25) is 5.76 Å². The first-order valence-corrected chi connectivity index (χ1v) is 12.3. The zero-order valence-electron chi connectivity index (χ0n) is 20.7. The molecule has 1 aliphatic heterocycles. The van der Waals surface area contributed by atoms with E-state index in [0.717, 1.165) is 24.0 Å². The molecule has 0 N–H and O–H groups in total. The maximum Gasteiger partial charge on any atom is 0.291 e. The van der Waals surface area contributed by atoms with Crippen molar-refractivity contribution in [3.8, 4) is 11.5 Å². The molecular formula is C29H29NO6. The predicted molar refractivity (Wildman–Crippen MR) is 136 cm³/mol. The highest BCUT2D eigenvalue weighted by Crippen LogP contribution is 2.42. The van der Waals surface area contributed by atoms with Crippen LogP contribution in [0.3, 0.4) is 0 Å². The summed E-state index contributed by atoms with van der Waals surface area (Å²) in [5.41, 5.74) is 2.18. The SMILES string of the molecule is CCCCOc1ccc(C2c3c(oc4ccc(C)cc4c3=O)C(=O)N2Cc2ccco2)cc1OCC. The molecule has 7 nitrogen and oxygen atoms in total. The highest BCUT2D eigenvalue weighted by molar-refractivity contribution is 5.99. The molecule has 0 spiro atoms. The molecule has 1 amide bonds. The number of benzene rings is 2. The lowest BCUT2D eigenvalue weighted by Gasteiger charge is -2.25. The second-order valence-corrected chi connectivity index (χ2v) is 8.93. The Balaban J connectivity index is 1.66. The molecule has 1 atom stereocenters. The number of unbranched alkanes of at least 4 members (excludes halogenated alkanes) is 1. The third-order valence-corrected chi connectivity index (χ3v) is 6.37. The summed E-state index contributed by atoms with van der Waals surface area (Å²) >= 11 is 0. The first-order chi connectivity index (χ1) is 17.5. The van der Waals surface area contributed by atoms with Crippen molar-refractivity contribution in [3.63, 3.8) is 0 Å². The number of amides is 1. The van der Waals surface area contributed by atoms with Gasteiger partial charge in [-0.2, -0.15) is 0 Å². The number of fused-ring (bicyclic) bond motifs is 2. The fourth-order valence-corrected chi connectivity index (χ4v) is 4.62. The lowest BCUT2D eigenvalue weighted by Crippen LogP contribution is -2.29. The van der Waals surface area contributed by atoms with Gasteiger partial charge in [-0.1, -0.05) is 31.0 Å². The zero-order valence-corrected chi connectivity index (χ0v) is 20.7. The van der Waals surface area contributed by atoms with Crippen LogP contribution in [0.5, 0.6) is 11.5 Å². The van der Waals surface area contributed by atoms with Crippen molar-refractivity contribution in [3.05, 3.63) is 93.2 Å². The molecule has 1 aliphatic rings.